The number of sulfonamides is 1. The van der Waals surface area contributed by atoms with E-state index < -0.39 is 14.9 Å². The van der Waals surface area contributed by atoms with Crippen molar-refractivity contribution in [1.29, 1.82) is 0 Å². The van der Waals surface area contributed by atoms with E-state index in [2.05, 4.69) is 25.6 Å². The summed E-state index contributed by atoms with van der Waals surface area (Å²) in [5.41, 5.74) is 0.295. The van der Waals surface area contributed by atoms with E-state index in [1.54, 1.807) is 18.3 Å². The standard InChI is InChI=1S/C19H27N7O5S/c1-25(2)32(29,30)12-13-6-8-14(9-7-13)22-17-16(26(27)28)11-21-19(24-17)23-15-5-4-10-20-18(15)31-3/h4-5,10-11,13-14H,6-9,12H2,1-3H3,(H2,21,22,23,24)/t13-,14-. The molecule has 2 aromatic heterocycles. The zero-order chi connectivity index (χ0) is 23.3. The van der Waals surface area contributed by atoms with E-state index in [-0.39, 0.29) is 35.2 Å². The van der Waals surface area contributed by atoms with Crippen molar-refractivity contribution in [3.05, 3.63) is 34.6 Å². The van der Waals surface area contributed by atoms with Crippen molar-refractivity contribution in [3.8, 4) is 5.88 Å². The maximum atomic E-state index is 12.1. The average molecular weight is 466 g/mol. The first kappa shape index (κ1) is 23.6. The lowest BCUT2D eigenvalue weighted by atomic mass is 9.87. The van der Waals surface area contributed by atoms with Crippen LogP contribution in [-0.4, -0.2) is 65.6 Å². The molecule has 2 N–H and O–H groups in total. The van der Waals surface area contributed by atoms with Gasteiger partial charge in [-0.1, -0.05) is 0 Å². The van der Waals surface area contributed by atoms with E-state index in [0.29, 0.717) is 37.3 Å². The van der Waals surface area contributed by atoms with Crippen molar-refractivity contribution in [1.82, 2.24) is 19.3 Å². The van der Waals surface area contributed by atoms with Crippen LogP contribution in [0.2, 0.25) is 0 Å². The lowest BCUT2D eigenvalue weighted by Gasteiger charge is -2.29. The predicted molar refractivity (Wildman–Crippen MR) is 120 cm³/mol. The van der Waals surface area contributed by atoms with Gasteiger partial charge < -0.3 is 15.4 Å². The Hall–Kier alpha value is -3.06. The van der Waals surface area contributed by atoms with Crippen LogP contribution in [-0.2, 0) is 10.0 Å². The number of hydrogen-bond donors (Lipinski definition) is 2. The van der Waals surface area contributed by atoms with Crippen molar-refractivity contribution in [2.75, 3.05) is 37.6 Å². The van der Waals surface area contributed by atoms with Gasteiger partial charge in [-0.2, -0.15) is 4.98 Å². The number of nitro groups is 1. The predicted octanol–water partition coefficient (Wildman–Crippen LogP) is 2.39. The quantitative estimate of drug-likeness (QED) is 0.417. The number of ether oxygens (including phenoxy) is 1. The largest absolute Gasteiger partial charge is 0.480 e. The first-order valence-electron chi connectivity index (χ1n) is 10.1. The van der Waals surface area contributed by atoms with Gasteiger partial charge >= 0.3 is 5.69 Å². The molecule has 0 spiro atoms. The second-order valence-electron chi connectivity index (χ2n) is 7.79. The number of anilines is 3. The van der Waals surface area contributed by atoms with Gasteiger partial charge in [0.05, 0.1) is 17.8 Å². The van der Waals surface area contributed by atoms with E-state index in [4.69, 9.17) is 4.74 Å². The third-order valence-electron chi connectivity index (χ3n) is 5.37. The van der Waals surface area contributed by atoms with Gasteiger partial charge in [-0.15, -0.1) is 0 Å². The fraction of sp³-hybridized carbons (Fsp3) is 0.526. The Morgan fingerprint density at radius 2 is 1.97 bits per heavy atom. The van der Waals surface area contributed by atoms with Crippen LogP contribution in [0.15, 0.2) is 24.5 Å². The van der Waals surface area contributed by atoms with Crippen LogP contribution < -0.4 is 15.4 Å². The molecule has 32 heavy (non-hydrogen) atoms. The van der Waals surface area contributed by atoms with Crippen LogP contribution >= 0.6 is 0 Å². The summed E-state index contributed by atoms with van der Waals surface area (Å²) in [6.45, 7) is 0. The fourth-order valence-electron chi connectivity index (χ4n) is 3.56. The molecule has 1 aliphatic rings. The molecule has 0 aliphatic heterocycles. The molecule has 13 heteroatoms. The highest BCUT2D eigenvalue weighted by Gasteiger charge is 2.28. The van der Waals surface area contributed by atoms with Crippen molar-refractivity contribution >= 4 is 33.2 Å². The Bertz CT molecular complexity index is 1060. The van der Waals surface area contributed by atoms with Gasteiger partial charge in [0.25, 0.3) is 0 Å². The van der Waals surface area contributed by atoms with Gasteiger partial charge in [-0.3, -0.25) is 10.1 Å². The maximum Gasteiger partial charge on any atom is 0.329 e. The van der Waals surface area contributed by atoms with Crippen LogP contribution in [0.25, 0.3) is 0 Å². The fourth-order valence-corrected chi connectivity index (χ4v) is 4.79. The van der Waals surface area contributed by atoms with Gasteiger partial charge in [0.1, 0.15) is 11.9 Å². The third-order valence-corrected chi connectivity index (χ3v) is 7.37. The van der Waals surface area contributed by atoms with E-state index in [1.807, 2.05) is 0 Å². The summed E-state index contributed by atoms with van der Waals surface area (Å²) in [5.74, 6) is 0.794. The number of methoxy groups -OCH3 is 1. The summed E-state index contributed by atoms with van der Waals surface area (Å²) in [5, 5.41) is 17.6. The Balaban J connectivity index is 1.70. The van der Waals surface area contributed by atoms with Crippen LogP contribution in [0.4, 0.5) is 23.1 Å². The molecule has 0 atom stereocenters. The van der Waals surface area contributed by atoms with Crippen LogP contribution in [0.1, 0.15) is 25.7 Å². The lowest BCUT2D eigenvalue weighted by Crippen LogP contribution is -2.33. The first-order valence-corrected chi connectivity index (χ1v) is 11.7. The molecule has 0 saturated heterocycles. The number of nitrogens with zero attached hydrogens (tertiary/aromatic N) is 5. The molecule has 12 nitrogen and oxygen atoms in total. The summed E-state index contributed by atoms with van der Waals surface area (Å²) in [4.78, 5) is 23.4. The molecule has 2 heterocycles. The van der Waals surface area contributed by atoms with Crippen molar-refractivity contribution < 1.29 is 18.1 Å². The van der Waals surface area contributed by atoms with Crippen LogP contribution in [0, 0.1) is 16.0 Å². The highest BCUT2D eigenvalue weighted by atomic mass is 32.2. The minimum atomic E-state index is -3.25. The highest BCUT2D eigenvalue weighted by molar-refractivity contribution is 7.89. The molecule has 0 amide bonds. The van der Waals surface area contributed by atoms with Gasteiger partial charge in [-0.25, -0.2) is 22.7 Å². The summed E-state index contributed by atoms with van der Waals surface area (Å²) < 4.78 is 30.7. The Labute approximate surface area is 186 Å². The van der Waals surface area contributed by atoms with E-state index in [1.165, 1.54) is 25.5 Å². The Morgan fingerprint density at radius 1 is 1.25 bits per heavy atom. The molecular weight excluding hydrogens is 438 g/mol. The van der Waals surface area contributed by atoms with Gasteiger partial charge in [0.15, 0.2) is 0 Å². The molecule has 0 unspecified atom stereocenters. The van der Waals surface area contributed by atoms with Crippen molar-refractivity contribution in [2.24, 2.45) is 5.92 Å². The minimum Gasteiger partial charge on any atom is -0.480 e. The van der Waals surface area contributed by atoms with E-state index in [0.717, 1.165) is 6.20 Å². The second-order valence-corrected chi connectivity index (χ2v) is 10.0. The van der Waals surface area contributed by atoms with Crippen molar-refractivity contribution in [2.45, 2.75) is 31.7 Å². The first-order chi connectivity index (χ1) is 15.2. The molecule has 1 fully saturated rings. The topological polar surface area (TPSA) is 152 Å². The van der Waals surface area contributed by atoms with Gasteiger partial charge in [-0.05, 0) is 43.7 Å². The highest BCUT2D eigenvalue weighted by Crippen LogP contribution is 2.31. The molecule has 1 saturated carbocycles. The smallest absolute Gasteiger partial charge is 0.329 e. The molecule has 0 bridgehead atoms. The Kier molecular flexibility index (Phi) is 7.40. The molecule has 3 rings (SSSR count). The number of rotatable bonds is 9. The summed E-state index contributed by atoms with van der Waals surface area (Å²) in [6.07, 6.45) is 5.52. The summed E-state index contributed by atoms with van der Waals surface area (Å²) in [6, 6.07) is 3.39. The minimum absolute atomic E-state index is 0.0531. The normalized spacial score (nSPS) is 18.9. The van der Waals surface area contributed by atoms with Gasteiger partial charge in [0.2, 0.25) is 27.7 Å². The van der Waals surface area contributed by atoms with E-state index >= 15 is 0 Å². The second kappa shape index (κ2) is 10.0. The molecule has 174 valence electrons. The average Bonchev–Trinajstić information content (AvgIpc) is 2.75. The number of aromatic nitrogens is 3. The van der Waals surface area contributed by atoms with Crippen molar-refractivity contribution in [3.63, 3.8) is 0 Å². The zero-order valence-corrected chi connectivity index (χ0v) is 19.0. The molecule has 0 aromatic carbocycles. The maximum absolute atomic E-state index is 12.1. The number of pyridine rings is 1. The van der Waals surface area contributed by atoms with Crippen LogP contribution in [0.3, 0.4) is 0 Å². The lowest BCUT2D eigenvalue weighted by molar-refractivity contribution is -0.384. The van der Waals surface area contributed by atoms with Crippen LogP contribution in [0.5, 0.6) is 5.88 Å². The zero-order valence-electron chi connectivity index (χ0n) is 18.2. The monoisotopic (exact) mass is 465 g/mol. The third kappa shape index (κ3) is 5.79. The molecule has 2 aromatic rings. The number of hydrogen-bond acceptors (Lipinski definition) is 10. The Morgan fingerprint density at radius 3 is 2.59 bits per heavy atom. The molecule has 1 aliphatic carbocycles. The summed E-state index contributed by atoms with van der Waals surface area (Å²) in [7, 11) is 1.29. The SMILES string of the molecule is COc1ncccc1Nc1ncc([N+](=O)[O-])c(N[C@H]2CC[C@H](CS(=O)(=O)N(C)C)CC2)n1. The molecule has 0 radical (unpaired) electrons. The van der Waals surface area contributed by atoms with E-state index in [9.17, 15) is 18.5 Å². The molecular formula is C19H27N7O5S. The van der Waals surface area contributed by atoms with Gasteiger partial charge in [0, 0.05) is 26.3 Å². The number of nitrogens with one attached hydrogen (secondary N) is 2. The summed E-state index contributed by atoms with van der Waals surface area (Å²) >= 11 is 0.